The van der Waals surface area contributed by atoms with Crippen molar-refractivity contribution in [2.24, 2.45) is 9.98 Å². The number of dihydropyridines is 1. The Hall–Kier alpha value is -5.20. The van der Waals surface area contributed by atoms with Crippen molar-refractivity contribution in [3.8, 4) is 0 Å². The predicted molar refractivity (Wildman–Crippen MR) is 184 cm³/mol. The summed E-state index contributed by atoms with van der Waals surface area (Å²) in [4.78, 5) is 10.1. The molecule has 0 amide bonds. The molecule has 2 atom stereocenters. The van der Waals surface area contributed by atoms with Gasteiger partial charge in [-0.05, 0) is 48.8 Å². The Labute approximate surface area is 259 Å². The third-order valence-electron chi connectivity index (χ3n) is 8.79. The Balaban J connectivity index is 1.11. The lowest BCUT2D eigenvalue weighted by Gasteiger charge is -2.27. The van der Waals surface area contributed by atoms with Crippen LogP contribution in [-0.4, -0.2) is 16.2 Å². The maximum atomic E-state index is 5.06. The van der Waals surface area contributed by atoms with Crippen molar-refractivity contribution in [1.29, 1.82) is 0 Å². The van der Waals surface area contributed by atoms with E-state index >= 15 is 0 Å². The van der Waals surface area contributed by atoms with Crippen molar-refractivity contribution in [2.75, 3.05) is 0 Å². The summed E-state index contributed by atoms with van der Waals surface area (Å²) in [6, 6.07) is 34.2. The molecule has 0 spiro atoms. The van der Waals surface area contributed by atoms with E-state index in [9.17, 15) is 0 Å². The number of hydrogen-bond acceptors (Lipinski definition) is 5. The first-order chi connectivity index (χ1) is 21.8. The number of rotatable bonds is 4. The van der Waals surface area contributed by atoms with Crippen LogP contribution >= 0.6 is 11.3 Å². The predicted octanol–water partition coefficient (Wildman–Crippen LogP) is 8.66. The smallest absolute Gasteiger partial charge is 0.160 e. The minimum Gasteiger partial charge on any atom is -0.367 e. The highest BCUT2D eigenvalue weighted by atomic mass is 32.1. The molecule has 0 bridgehead atoms. The molecule has 1 aliphatic carbocycles. The number of allylic oxidation sites excluding steroid dienone is 1. The lowest BCUT2D eigenvalue weighted by Crippen LogP contribution is -2.34. The zero-order chi connectivity index (χ0) is 29.0. The molecule has 4 aromatic carbocycles. The van der Waals surface area contributed by atoms with Crippen molar-refractivity contribution in [3.05, 3.63) is 149 Å². The Kier molecular flexibility index (Phi) is 5.87. The molecule has 6 aromatic rings. The van der Waals surface area contributed by atoms with Crippen LogP contribution in [0.25, 0.3) is 37.2 Å². The second kappa shape index (κ2) is 10.2. The van der Waals surface area contributed by atoms with Gasteiger partial charge in [0.15, 0.2) is 5.84 Å². The highest BCUT2D eigenvalue weighted by Gasteiger charge is 2.26. The van der Waals surface area contributed by atoms with Gasteiger partial charge in [0, 0.05) is 54.2 Å². The Morgan fingerprint density at radius 2 is 1.61 bits per heavy atom. The Morgan fingerprint density at radius 1 is 0.795 bits per heavy atom. The first-order valence-electron chi connectivity index (χ1n) is 15.1. The second-order valence-electron chi connectivity index (χ2n) is 11.4. The molecule has 4 heterocycles. The van der Waals surface area contributed by atoms with Gasteiger partial charge in [-0.25, -0.2) is 9.98 Å². The van der Waals surface area contributed by atoms with Gasteiger partial charge < -0.3 is 15.2 Å². The molecule has 212 valence electrons. The monoisotopic (exact) mass is 587 g/mol. The van der Waals surface area contributed by atoms with Crippen LogP contribution in [0.2, 0.25) is 0 Å². The van der Waals surface area contributed by atoms with Crippen LogP contribution < -0.4 is 10.6 Å². The van der Waals surface area contributed by atoms with Gasteiger partial charge in [0.05, 0.1) is 5.52 Å². The molecule has 2 unspecified atom stereocenters. The molecular weight excluding hydrogens is 559 g/mol. The molecule has 5 nitrogen and oxygen atoms in total. The van der Waals surface area contributed by atoms with Gasteiger partial charge in [-0.1, -0.05) is 91.0 Å². The van der Waals surface area contributed by atoms with Crippen LogP contribution in [0.5, 0.6) is 0 Å². The number of nitrogens with zero attached hydrogens (tertiary/aromatic N) is 3. The van der Waals surface area contributed by atoms with E-state index in [4.69, 9.17) is 9.98 Å². The van der Waals surface area contributed by atoms with Gasteiger partial charge in [-0.3, -0.25) is 0 Å². The summed E-state index contributed by atoms with van der Waals surface area (Å²) in [7, 11) is 0. The number of hydrogen-bond donors (Lipinski definition) is 2. The van der Waals surface area contributed by atoms with Crippen molar-refractivity contribution < 1.29 is 0 Å². The first kappa shape index (κ1) is 25.3. The van der Waals surface area contributed by atoms with Gasteiger partial charge in [0.25, 0.3) is 0 Å². The number of aromatic nitrogens is 1. The maximum absolute atomic E-state index is 5.06. The summed E-state index contributed by atoms with van der Waals surface area (Å²) in [6.45, 7) is 0. The summed E-state index contributed by atoms with van der Waals surface area (Å²) in [5.41, 5.74) is 7.11. The van der Waals surface area contributed by atoms with Crippen molar-refractivity contribution in [2.45, 2.75) is 25.2 Å². The molecule has 2 aliphatic heterocycles. The lowest BCUT2D eigenvalue weighted by atomic mass is 10.0. The molecule has 6 heteroatoms. The molecule has 0 fully saturated rings. The highest BCUT2D eigenvalue weighted by molar-refractivity contribution is 7.25. The lowest BCUT2D eigenvalue weighted by molar-refractivity contribution is 0.539. The molecule has 44 heavy (non-hydrogen) atoms. The fourth-order valence-electron chi connectivity index (χ4n) is 6.69. The third kappa shape index (κ3) is 4.13. The minimum atomic E-state index is -0.221. The molecule has 0 saturated carbocycles. The van der Waals surface area contributed by atoms with Gasteiger partial charge in [0.2, 0.25) is 0 Å². The number of aliphatic imine (C=N–C) groups is 2. The molecule has 2 N–H and O–H groups in total. The summed E-state index contributed by atoms with van der Waals surface area (Å²) in [6.07, 6.45) is 13.0. The number of nitrogens with one attached hydrogen (secondary N) is 2. The summed E-state index contributed by atoms with van der Waals surface area (Å²) >= 11 is 1.88. The van der Waals surface area contributed by atoms with E-state index in [1.54, 1.807) is 0 Å². The summed E-state index contributed by atoms with van der Waals surface area (Å²) in [5.74, 6) is 1.54. The average Bonchev–Trinajstić information content (AvgIpc) is 3.62. The van der Waals surface area contributed by atoms with E-state index in [0.29, 0.717) is 5.84 Å². The van der Waals surface area contributed by atoms with E-state index < -0.39 is 0 Å². The van der Waals surface area contributed by atoms with Gasteiger partial charge in [-0.2, -0.15) is 0 Å². The van der Waals surface area contributed by atoms with Crippen LogP contribution in [0.3, 0.4) is 0 Å². The van der Waals surface area contributed by atoms with E-state index in [2.05, 4.69) is 119 Å². The van der Waals surface area contributed by atoms with Crippen molar-refractivity contribution >= 4 is 60.2 Å². The highest BCUT2D eigenvalue weighted by Crippen LogP contribution is 2.41. The molecule has 2 aromatic heterocycles. The third-order valence-corrected chi connectivity index (χ3v) is 9.92. The van der Waals surface area contributed by atoms with Crippen molar-refractivity contribution in [1.82, 2.24) is 15.2 Å². The molecule has 0 radical (unpaired) electrons. The standard InChI is InChI=1S/C38H29N5S/c1-3-11-24(12-4-1)36-40-37(25-13-5-2-6-14-25)42-38(41-36)26-19-20-35(39-23-26)43-31-17-9-7-15-27(31)29-21-30-28-16-8-10-18-33(28)44-34(30)22-32(29)43/h1-8,10-16,18-23,35-36,39H,9,17H2,(H,40,41,42). The van der Waals surface area contributed by atoms with Crippen LogP contribution in [0, 0.1) is 0 Å². The van der Waals surface area contributed by atoms with E-state index in [-0.39, 0.29) is 12.3 Å². The zero-order valence-corrected chi connectivity index (χ0v) is 24.8. The van der Waals surface area contributed by atoms with Crippen LogP contribution in [0.1, 0.15) is 41.1 Å². The van der Waals surface area contributed by atoms with Crippen LogP contribution in [0.4, 0.5) is 0 Å². The largest absolute Gasteiger partial charge is 0.367 e. The number of fused-ring (bicyclic) bond motifs is 6. The Bertz CT molecular complexity index is 2230. The number of thiophene rings is 1. The van der Waals surface area contributed by atoms with Crippen LogP contribution in [-0.2, 0) is 6.42 Å². The van der Waals surface area contributed by atoms with Gasteiger partial charge >= 0.3 is 0 Å². The van der Waals surface area contributed by atoms with Gasteiger partial charge in [0.1, 0.15) is 18.2 Å². The fourth-order valence-corrected chi connectivity index (χ4v) is 7.81. The second-order valence-corrected chi connectivity index (χ2v) is 12.5. The van der Waals surface area contributed by atoms with Crippen molar-refractivity contribution in [3.63, 3.8) is 0 Å². The maximum Gasteiger partial charge on any atom is 0.160 e. The zero-order valence-electron chi connectivity index (χ0n) is 23.9. The minimum absolute atomic E-state index is 0.00635. The fraction of sp³-hybridized carbons (Fsp3) is 0.105. The number of amidine groups is 2. The summed E-state index contributed by atoms with van der Waals surface area (Å²) in [5, 5.41) is 11.3. The normalized spacial score (nSPS) is 19.3. The quantitative estimate of drug-likeness (QED) is 0.217. The Morgan fingerprint density at radius 3 is 2.45 bits per heavy atom. The molecule has 3 aliphatic rings. The average molecular weight is 588 g/mol. The summed E-state index contributed by atoms with van der Waals surface area (Å²) < 4.78 is 5.16. The topological polar surface area (TPSA) is 53.7 Å². The van der Waals surface area contributed by atoms with Gasteiger partial charge in [-0.15, -0.1) is 11.3 Å². The molecule has 9 rings (SSSR count). The first-order valence-corrected chi connectivity index (χ1v) is 15.9. The molecular formula is C38H29N5S. The number of benzene rings is 4. The SMILES string of the molecule is C1=Cc2c(n(C3C=CC(C4=NC(c5ccccc5)NC(c5ccccc5)=N4)=CN3)c3cc4sc5ccccc5c4cc23)CC1. The van der Waals surface area contributed by atoms with E-state index in [1.807, 2.05) is 35.6 Å². The van der Waals surface area contributed by atoms with E-state index in [0.717, 1.165) is 35.4 Å². The van der Waals surface area contributed by atoms with E-state index in [1.165, 1.54) is 42.3 Å². The van der Waals surface area contributed by atoms with Crippen LogP contribution in [0.15, 0.2) is 137 Å². The molecule has 0 saturated heterocycles.